The van der Waals surface area contributed by atoms with Gasteiger partial charge in [0.05, 0.1) is 18.0 Å². The maximum atomic E-state index is 13.0. The normalized spacial score (nSPS) is 22.6. The Kier molecular flexibility index (Phi) is 4.35. The molecule has 2 amide bonds. The molecule has 9 heteroatoms. The number of nitrogens with zero attached hydrogens (tertiary/aromatic N) is 4. The van der Waals surface area contributed by atoms with Crippen LogP contribution >= 0.6 is 0 Å². The molecule has 0 saturated carbocycles. The lowest BCUT2D eigenvalue weighted by Gasteiger charge is -2.37. The Morgan fingerprint density at radius 2 is 2.18 bits per heavy atom. The van der Waals surface area contributed by atoms with Gasteiger partial charge in [0.1, 0.15) is 12.7 Å². The van der Waals surface area contributed by atoms with Crippen molar-refractivity contribution in [3.63, 3.8) is 0 Å². The number of halogens is 3. The predicted molar refractivity (Wildman–Crippen MR) is 73.0 cm³/mol. The van der Waals surface area contributed by atoms with Crippen molar-refractivity contribution in [3.8, 4) is 0 Å². The number of carbonyl (C=O) groups is 1. The van der Waals surface area contributed by atoms with Crippen LogP contribution in [0.1, 0.15) is 27.2 Å². The molecule has 0 spiro atoms. The Labute approximate surface area is 126 Å². The van der Waals surface area contributed by atoms with E-state index in [1.54, 1.807) is 11.6 Å². The van der Waals surface area contributed by atoms with Crippen molar-refractivity contribution in [2.24, 2.45) is 5.92 Å². The number of nitrogens with one attached hydrogen (secondary N) is 1. The summed E-state index contributed by atoms with van der Waals surface area (Å²) in [7, 11) is 0. The summed E-state index contributed by atoms with van der Waals surface area (Å²) in [6.45, 7) is 5.19. The molecule has 2 atom stereocenters. The summed E-state index contributed by atoms with van der Waals surface area (Å²) < 4.78 is 40.6. The largest absolute Gasteiger partial charge is 0.394 e. The standard InChI is InChI=1S/C13H20F3N5O/c1-9(6-20-8-17-7-18-20)19-11(22)21-5-4-10(12(21,2)3)13(14,15)16/h7-10H,4-6H2,1-3H3,(H,19,22). The first-order chi connectivity index (χ1) is 10.1. The van der Waals surface area contributed by atoms with Gasteiger partial charge >= 0.3 is 12.2 Å². The second kappa shape index (κ2) is 5.77. The van der Waals surface area contributed by atoms with Crippen LogP contribution in [0.4, 0.5) is 18.0 Å². The monoisotopic (exact) mass is 319 g/mol. The average Bonchev–Trinajstić information content (AvgIpc) is 2.94. The minimum atomic E-state index is -4.30. The zero-order valence-corrected chi connectivity index (χ0v) is 12.8. The number of urea groups is 1. The third-order valence-corrected chi connectivity index (χ3v) is 4.13. The Balaban J connectivity index is 1.98. The first kappa shape index (κ1) is 16.6. The first-order valence-electron chi connectivity index (χ1n) is 7.09. The van der Waals surface area contributed by atoms with E-state index in [1.807, 2.05) is 0 Å². The van der Waals surface area contributed by atoms with Gasteiger partial charge in [-0.1, -0.05) is 0 Å². The summed E-state index contributed by atoms with van der Waals surface area (Å²) in [6.07, 6.45) is -1.47. The van der Waals surface area contributed by atoms with Gasteiger partial charge in [0.15, 0.2) is 0 Å². The molecule has 2 rings (SSSR count). The van der Waals surface area contributed by atoms with Crippen LogP contribution in [0.25, 0.3) is 0 Å². The fourth-order valence-electron chi connectivity index (χ4n) is 2.96. The van der Waals surface area contributed by atoms with Crippen molar-refractivity contribution >= 4 is 6.03 Å². The van der Waals surface area contributed by atoms with Crippen LogP contribution in [0.2, 0.25) is 0 Å². The molecule has 1 aliphatic rings. The third-order valence-electron chi connectivity index (χ3n) is 4.13. The van der Waals surface area contributed by atoms with Crippen molar-refractivity contribution in [2.45, 2.75) is 51.5 Å². The molecule has 1 aliphatic heterocycles. The second-order valence-electron chi connectivity index (χ2n) is 6.16. The molecule has 0 aromatic carbocycles. The highest BCUT2D eigenvalue weighted by atomic mass is 19.4. The summed E-state index contributed by atoms with van der Waals surface area (Å²) in [6, 6.07) is -0.751. The van der Waals surface area contributed by atoms with Crippen molar-refractivity contribution in [1.82, 2.24) is 25.0 Å². The van der Waals surface area contributed by atoms with E-state index >= 15 is 0 Å². The van der Waals surface area contributed by atoms with Gasteiger partial charge in [-0.25, -0.2) is 9.78 Å². The quantitative estimate of drug-likeness (QED) is 0.927. The lowest BCUT2D eigenvalue weighted by molar-refractivity contribution is -0.189. The highest BCUT2D eigenvalue weighted by molar-refractivity contribution is 5.75. The number of carbonyl (C=O) groups excluding carboxylic acids is 1. The van der Waals surface area contributed by atoms with Gasteiger partial charge < -0.3 is 10.2 Å². The van der Waals surface area contributed by atoms with E-state index in [1.165, 1.54) is 31.4 Å². The molecule has 2 heterocycles. The van der Waals surface area contributed by atoms with Gasteiger partial charge in [0, 0.05) is 12.6 Å². The van der Waals surface area contributed by atoms with Crippen LogP contribution < -0.4 is 5.32 Å². The van der Waals surface area contributed by atoms with Gasteiger partial charge in [0.25, 0.3) is 0 Å². The fraction of sp³-hybridized carbons (Fsp3) is 0.769. The van der Waals surface area contributed by atoms with E-state index in [0.29, 0.717) is 6.54 Å². The van der Waals surface area contributed by atoms with E-state index in [0.717, 1.165) is 0 Å². The summed E-state index contributed by atoms with van der Waals surface area (Å²) in [5.41, 5.74) is -1.25. The fourth-order valence-corrected chi connectivity index (χ4v) is 2.96. The van der Waals surface area contributed by atoms with Crippen molar-refractivity contribution < 1.29 is 18.0 Å². The van der Waals surface area contributed by atoms with Crippen LogP contribution in [0, 0.1) is 5.92 Å². The number of hydrogen-bond donors (Lipinski definition) is 1. The SMILES string of the molecule is CC(Cn1cncn1)NC(=O)N1CCC(C(F)(F)F)C1(C)C. The number of hydrogen-bond acceptors (Lipinski definition) is 3. The minimum absolute atomic E-state index is 0.0681. The van der Waals surface area contributed by atoms with Gasteiger partial charge in [-0.2, -0.15) is 18.3 Å². The van der Waals surface area contributed by atoms with E-state index in [4.69, 9.17) is 0 Å². The number of aromatic nitrogens is 3. The van der Waals surface area contributed by atoms with E-state index in [2.05, 4.69) is 15.4 Å². The lowest BCUT2D eigenvalue weighted by Crippen LogP contribution is -2.54. The molecule has 22 heavy (non-hydrogen) atoms. The smallest absolute Gasteiger partial charge is 0.334 e. The first-order valence-corrected chi connectivity index (χ1v) is 7.09. The minimum Gasteiger partial charge on any atom is -0.334 e. The van der Waals surface area contributed by atoms with Crippen molar-refractivity contribution in [1.29, 1.82) is 0 Å². The van der Waals surface area contributed by atoms with E-state index < -0.39 is 23.7 Å². The van der Waals surface area contributed by atoms with Crippen LogP contribution in [-0.2, 0) is 6.54 Å². The van der Waals surface area contributed by atoms with Crippen LogP contribution in [0.5, 0.6) is 0 Å². The highest BCUT2D eigenvalue weighted by Crippen LogP contribution is 2.44. The van der Waals surface area contributed by atoms with Gasteiger partial charge in [-0.15, -0.1) is 0 Å². The number of amides is 2. The molecule has 1 aromatic heterocycles. The molecule has 0 aliphatic carbocycles. The molecular weight excluding hydrogens is 299 g/mol. The Bertz CT molecular complexity index is 514. The summed E-state index contributed by atoms with van der Waals surface area (Å²) in [5, 5.41) is 6.64. The molecule has 2 unspecified atom stereocenters. The van der Waals surface area contributed by atoms with E-state index in [9.17, 15) is 18.0 Å². The molecule has 124 valence electrons. The zero-order valence-electron chi connectivity index (χ0n) is 12.8. The van der Waals surface area contributed by atoms with Gasteiger partial charge in [-0.3, -0.25) is 4.68 Å². The second-order valence-corrected chi connectivity index (χ2v) is 6.16. The number of rotatable bonds is 3. The topological polar surface area (TPSA) is 63.1 Å². The third kappa shape index (κ3) is 3.33. The Morgan fingerprint density at radius 1 is 1.50 bits per heavy atom. The number of alkyl halides is 3. The molecule has 1 fully saturated rings. The van der Waals surface area contributed by atoms with Crippen molar-refractivity contribution in [2.75, 3.05) is 6.54 Å². The van der Waals surface area contributed by atoms with E-state index in [-0.39, 0.29) is 19.0 Å². The molecule has 1 N–H and O–H groups in total. The summed E-state index contributed by atoms with van der Waals surface area (Å²) in [4.78, 5) is 17.3. The van der Waals surface area contributed by atoms with Crippen molar-refractivity contribution in [3.05, 3.63) is 12.7 Å². The predicted octanol–water partition coefficient (Wildman–Crippen LogP) is 2.04. The molecule has 0 bridgehead atoms. The summed E-state index contributed by atoms with van der Waals surface area (Å²) in [5.74, 6) is -1.50. The van der Waals surface area contributed by atoms with Gasteiger partial charge in [-0.05, 0) is 27.2 Å². The highest BCUT2D eigenvalue weighted by Gasteiger charge is 2.56. The maximum absolute atomic E-state index is 13.0. The maximum Gasteiger partial charge on any atom is 0.394 e. The molecular formula is C13H20F3N5O. The zero-order chi connectivity index (χ0) is 16.5. The lowest BCUT2D eigenvalue weighted by atomic mass is 9.88. The molecule has 1 saturated heterocycles. The van der Waals surface area contributed by atoms with Crippen LogP contribution in [0.15, 0.2) is 12.7 Å². The molecule has 0 radical (unpaired) electrons. The van der Waals surface area contributed by atoms with Crippen LogP contribution in [-0.4, -0.2) is 50.0 Å². The molecule has 6 nitrogen and oxygen atoms in total. The Hall–Kier alpha value is -1.80. The average molecular weight is 319 g/mol. The summed E-state index contributed by atoms with van der Waals surface area (Å²) >= 11 is 0. The molecule has 1 aromatic rings. The van der Waals surface area contributed by atoms with Crippen LogP contribution in [0.3, 0.4) is 0 Å². The Morgan fingerprint density at radius 3 is 2.68 bits per heavy atom. The van der Waals surface area contributed by atoms with Gasteiger partial charge in [0.2, 0.25) is 0 Å². The number of likely N-dealkylation sites (tertiary alicyclic amines) is 1.